The van der Waals surface area contributed by atoms with Crippen LogP contribution in [0, 0.1) is 5.92 Å². The summed E-state index contributed by atoms with van der Waals surface area (Å²) >= 11 is 0. The van der Waals surface area contributed by atoms with Crippen LogP contribution in [0.25, 0.3) is 0 Å². The topological polar surface area (TPSA) is 74.0 Å². The van der Waals surface area contributed by atoms with E-state index in [-0.39, 0.29) is 0 Å². The number of para-hydroxylation sites is 1. The minimum atomic E-state index is -0.719. The largest absolute Gasteiger partial charge is 0.493 e. The Kier molecular flexibility index (Phi) is 7.52. The molecule has 2 rings (SSSR count). The number of piperidine rings is 1. The van der Waals surface area contributed by atoms with E-state index in [1.54, 1.807) is 7.11 Å². The van der Waals surface area contributed by atoms with E-state index < -0.39 is 12.0 Å². The number of carbonyl (C=O) groups excluding carboxylic acids is 1. The molecule has 0 bridgehead atoms. The Labute approximate surface area is 150 Å². The molecule has 1 unspecified atom stereocenters. The first-order chi connectivity index (χ1) is 12.0. The van der Waals surface area contributed by atoms with Crippen LogP contribution in [0.2, 0.25) is 0 Å². The number of rotatable bonds is 8. The van der Waals surface area contributed by atoms with Gasteiger partial charge in [-0.2, -0.15) is 0 Å². The lowest BCUT2D eigenvalue weighted by atomic mass is 9.99. The summed E-state index contributed by atoms with van der Waals surface area (Å²) in [7, 11) is 2.95. The number of benzene rings is 1. The molecule has 0 radical (unpaired) electrons. The average Bonchev–Trinajstić information content (AvgIpc) is 2.63. The molecule has 1 saturated heterocycles. The SMILES string of the molecule is COC(=O)C(N)Cc1cccc(OC)c1OCCN1CCC(C)CC1. The van der Waals surface area contributed by atoms with Crippen molar-refractivity contribution in [2.45, 2.75) is 32.2 Å². The lowest BCUT2D eigenvalue weighted by molar-refractivity contribution is -0.142. The third kappa shape index (κ3) is 5.61. The molecule has 1 aliphatic rings. The van der Waals surface area contributed by atoms with E-state index in [2.05, 4.69) is 11.8 Å². The molecular weight excluding hydrogens is 320 g/mol. The molecule has 1 aromatic carbocycles. The van der Waals surface area contributed by atoms with Crippen LogP contribution in [0.1, 0.15) is 25.3 Å². The van der Waals surface area contributed by atoms with Crippen LogP contribution in [0.4, 0.5) is 0 Å². The van der Waals surface area contributed by atoms with Gasteiger partial charge in [-0.1, -0.05) is 19.1 Å². The second-order valence-electron chi connectivity index (χ2n) is 6.65. The molecule has 2 N–H and O–H groups in total. The summed E-state index contributed by atoms with van der Waals surface area (Å²) in [6, 6.07) is 4.91. The van der Waals surface area contributed by atoms with E-state index in [1.807, 2.05) is 18.2 Å². The third-order valence-corrected chi connectivity index (χ3v) is 4.75. The monoisotopic (exact) mass is 350 g/mol. The highest BCUT2D eigenvalue weighted by molar-refractivity contribution is 5.76. The first-order valence-corrected chi connectivity index (χ1v) is 8.89. The first-order valence-electron chi connectivity index (χ1n) is 8.89. The highest BCUT2D eigenvalue weighted by atomic mass is 16.5. The van der Waals surface area contributed by atoms with Crippen LogP contribution in [0.5, 0.6) is 11.5 Å². The van der Waals surface area contributed by atoms with Crippen molar-refractivity contribution in [1.82, 2.24) is 4.90 Å². The lowest BCUT2D eigenvalue weighted by Crippen LogP contribution is -2.36. The second kappa shape index (κ2) is 9.63. The lowest BCUT2D eigenvalue weighted by Gasteiger charge is -2.30. The fourth-order valence-corrected chi connectivity index (χ4v) is 3.08. The molecule has 6 heteroatoms. The summed E-state index contributed by atoms with van der Waals surface area (Å²) in [6.45, 7) is 6.01. The van der Waals surface area contributed by atoms with Gasteiger partial charge in [0.2, 0.25) is 0 Å². The zero-order valence-electron chi connectivity index (χ0n) is 15.5. The Morgan fingerprint density at radius 1 is 1.32 bits per heavy atom. The van der Waals surface area contributed by atoms with Crippen molar-refractivity contribution >= 4 is 5.97 Å². The maximum absolute atomic E-state index is 11.6. The first kappa shape index (κ1) is 19.5. The van der Waals surface area contributed by atoms with Gasteiger partial charge in [0, 0.05) is 18.5 Å². The summed E-state index contributed by atoms with van der Waals surface area (Å²) in [6.07, 6.45) is 2.84. The average molecular weight is 350 g/mol. The van der Waals surface area contributed by atoms with Gasteiger partial charge in [0.15, 0.2) is 11.5 Å². The smallest absolute Gasteiger partial charge is 0.322 e. The normalized spacial score (nSPS) is 17.1. The van der Waals surface area contributed by atoms with E-state index in [9.17, 15) is 4.79 Å². The molecule has 1 heterocycles. The number of likely N-dealkylation sites (tertiary alicyclic amines) is 1. The highest BCUT2D eigenvalue weighted by Gasteiger charge is 2.20. The van der Waals surface area contributed by atoms with Gasteiger partial charge in [0.05, 0.1) is 14.2 Å². The van der Waals surface area contributed by atoms with Crippen molar-refractivity contribution in [2.75, 3.05) is 40.5 Å². The quantitative estimate of drug-likeness (QED) is 0.721. The third-order valence-electron chi connectivity index (χ3n) is 4.75. The number of methoxy groups -OCH3 is 2. The Balaban J connectivity index is 1.98. The summed E-state index contributed by atoms with van der Waals surface area (Å²) in [5, 5.41) is 0. The maximum atomic E-state index is 11.6. The summed E-state index contributed by atoms with van der Waals surface area (Å²) in [5.74, 6) is 1.70. The minimum Gasteiger partial charge on any atom is -0.493 e. The number of hydrogen-bond acceptors (Lipinski definition) is 6. The van der Waals surface area contributed by atoms with E-state index >= 15 is 0 Å². The maximum Gasteiger partial charge on any atom is 0.322 e. The standard InChI is InChI=1S/C19H30N2O4/c1-14-7-9-21(10-8-14)11-12-25-18-15(5-4-6-17(18)23-2)13-16(20)19(22)24-3/h4-6,14,16H,7-13,20H2,1-3H3. The molecule has 140 valence electrons. The van der Waals surface area contributed by atoms with Crippen molar-refractivity contribution in [3.63, 3.8) is 0 Å². The second-order valence-corrected chi connectivity index (χ2v) is 6.65. The van der Waals surface area contributed by atoms with Gasteiger partial charge in [0.25, 0.3) is 0 Å². The molecule has 0 saturated carbocycles. The van der Waals surface area contributed by atoms with Crippen LogP contribution >= 0.6 is 0 Å². The van der Waals surface area contributed by atoms with Gasteiger partial charge in [-0.15, -0.1) is 0 Å². The Morgan fingerprint density at radius 2 is 2.04 bits per heavy atom. The summed E-state index contributed by atoms with van der Waals surface area (Å²) < 4.78 is 16.2. The van der Waals surface area contributed by atoms with Gasteiger partial charge in [0.1, 0.15) is 12.6 Å². The molecule has 1 aromatic rings. The molecule has 1 atom stereocenters. The molecule has 0 aromatic heterocycles. The molecule has 0 aliphatic carbocycles. The minimum absolute atomic E-state index is 0.348. The van der Waals surface area contributed by atoms with Gasteiger partial charge in [-0.05, 0) is 37.9 Å². The van der Waals surface area contributed by atoms with Crippen LogP contribution < -0.4 is 15.2 Å². The number of nitrogens with zero attached hydrogens (tertiary/aromatic N) is 1. The fourth-order valence-electron chi connectivity index (χ4n) is 3.08. The van der Waals surface area contributed by atoms with Gasteiger partial charge >= 0.3 is 5.97 Å². The summed E-state index contributed by atoms with van der Waals surface area (Å²) in [4.78, 5) is 14.0. The highest BCUT2D eigenvalue weighted by Crippen LogP contribution is 2.32. The number of ether oxygens (including phenoxy) is 3. The van der Waals surface area contributed by atoms with Crippen molar-refractivity contribution in [1.29, 1.82) is 0 Å². The van der Waals surface area contributed by atoms with E-state index in [1.165, 1.54) is 20.0 Å². The molecule has 6 nitrogen and oxygen atoms in total. The van der Waals surface area contributed by atoms with E-state index in [0.717, 1.165) is 31.1 Å². The Bertz CT molecular complexity index is 556. The molecule has 0 amide bonds. The zero-order chi connectivity index (χ0) is 18.2. The van der Waals surface area contributed by atoms with Crippen LogP contribution in [0.3, 0.4) is 0 Å². The van der Waals surface area contributed by atoms with Crippen molar-refractivity contribution < 1.29 is 19.0 Å². The fraction of sp³-hybridized carbons (Fsp3) is 0.632. The molecule has 0 spiro atoms. The van der Waals surface area contributed by atoms with Gasteiger partial charge in [-0.3, -0.25) is 9.69 Å². The van der Waals surface area contributed by atoms with Crippen LogP contribution in [-0.2, 0) is 16.0 Å². The van der Waals surface area contributed by atoms with E-state index in [4.69, 9.17) is 19.9 Å². The van der Waals surface area contributed by atoms with Crippen LogP contribution in [0.15, 0.2) is 18.2 Å². The summed E-state index contributed by atoms with van der Waals surface area (Å²) in [5.41, 5.74) is 6.75. The number of esters is 1. The van der Waals surface area contributed by atoms with Crippen molar-refractivity contribution in [3.8, 4) is 11.5 Å². The predicted octanol–water partition coefficient (Wildman–Crippen LogP) is 1.85. The van der Waals surface area contributed by atoms with Gasteiger partial charge < -0.3 is 19.9 Å². The van der Waals surface area contributed by atoms with Crippen molar-refractivity contribution in [3.05, 3.63) is 23.8 Å². The van der Waals surface area contributed by atoms with Crippen molar-refractivity contribution in [2.24, 2.45) is 11.7 Å². The van der Waals surface area contributed by atoms with E-state index in [0.29, 0.717) is 24.5 Å². The molecule has 1 aliphatic heterocycles. The zero-order valence-corrected chi connectivity index (χ0v) is 15.5. The Hall–Kier alpha value is -1.79. The molecule has 1 fully saturated rings. The molecule has 25 heavy (non-hydrogen) atoms. The number of hydrogen-bond donors (Lipinski definition) is 1. The molecular formula is C19H30N2O4. The number of nitrogens with two attached hydrogens (primary N) is 1. The van der Waals surface area contributed by atoms with Gasteiger partial charge in [-0.25, -0.2) is 0 Å². The van der Waals surface area contributed by atoms with Crippen LogP contribution in [-0.4, -0.2) is 57.4 Å². The Morgan fingerprint density at radius 3 is 2.68 bits per heavy atom. The predicted molar refractivity (Wildman–Crippen MR) is 97.0 cm³/mol. The number of carbonyl (C=O) groups is 1.